The van der Waals surface area contributed by atoms with Crippen molar-refractivity contribution in [1.29, 1.82) is 0 Å². The molecule has 0 N–H and O–H groups in total. The van der Waals surface area contributed by atoms with Gasteiger partial charge in [-0.25, -0.2) is 0 Å². The van der Waals surface area contributed by atoms with E-state index >= 15 is 0 Å². The molecule has 3 nitrogen and oxygen atoms in total. The molecule has 2 aliphatic rings. The Hall–Kier alpha value is -1.16. The van der Waals surface area contributed by atoms with Crippen LogP contribution in [0.2, 0.25) is 0 Å². The first-order valence-electron chi connectivity index (χ1n) is 7.29. The molecule has 1 aromatic carbocycles. The van der Waals surface area contributed by atoms with E-state index in [-0.39, 0.29) is 12.0 Å². The number of hydrogen-bond donors (Lipinski definition) is 0. The van der Waals surface area contributed by atoms with Crippen LogP contribution >= 0.6 is 11.8 Å². The molecule has 0 unspecified atom stereocenters. The second kappa shape index (κ2) is 5.68. The molecule has 1 aromatic rings. The van der Waals surface area contributed by atoms with Crippen LogP contribution in [0.4, 0.5) is 0 Å². The van der Waals surface area contributed by atoms with Crippen LogP contribution in [-0.4, -0.2) is 41.5 Å². The van der Waals surface area contributed by atoms with Crippen LogP contribution in [0, 0.1) is 0 Å². The van der Waals surface area contributed by atoms with E-state index < -0.39 is 0 Å². The van der Waals surface area contributed by atoms with Crippen molar-refractivity contribution in [3.05, 3.63) is 29.3 Å². The van der Waals surface area contributed by atoms with E-state index in [0.717, 1.165) is 47.6 Å². The van der Waals surface area contributed by atoms with Gasteiger partial charge in [0.25, 0.3) is 5.91 Å². The molecule has 0 bridgehead atoms. The molecular weight excluding hydrogens is 270 g/mol. The van der Waals surface area contributed by atoms with Crippen molar-refractivity contribution in [1.82, 2.24) is 4.90 Å². The SMILES string of the molecule is C[C@@H]1Cc2cc(C(=O)N(C)C3CCSCC3)ccc2O1. The molecule has 20 heavy (non-hydrogen) atoms. The highest BCUT2D eigenvalue weighted by molar-refractivity contribution is 7.99. The Morgan fingerprint density at radius 2 is 2.10 bits per heavy atom. The number of benzene rings is 1. The minimum absolute atomic E-state index is 0.143. The van der Waals surface area contributed by atoms with Crippen LogP contribution < -0.4 is 4.74 Å². The first-order valence-corrected chi connectivity index (χ1v) is 8.45. The summed E-state index contributed by atoms with van der Waals surface area (Å²) in [6.07, 6.45) is 3.35. The average molecular weight is 291 g/mol. The summed E-state index contributed by atoms with van der Waals surface area (Å²) < 4.78 is 5.69. The van der Waals surface area contributed by atoms with E-state index in [1.807, 2.05) is 41.9 Å². The van der Waals surface area contributed by atoms with Crippen LogP contribution in [0.3, 0.4) is 0 Å². The van der Waals surface area contributed by atoms with Crippen molar-refractivity contribution < 1.29 is 9.53 Å². The number of carbonyl (C=O) groups is 1. The van der Waals surface area contributed by atoms with Gasteiger partial charge in [0.1, 0.15) is 11.9 Å². The number of amides is 1. The first kappa shape index (κ1) is 13.8. The highest BCUT2D eigenvalue weighted by Gasteiger charge is 2.25. The van der Waals surface area contributed by atoms with E-state index in [2.05, 4.69) is 6.92 Å². The topological polar surface area (TPSA) is 29.5 Å². The predicted molar refractivity (Wildman–Crippen MR) is 82.7 cm³/mol. The average Bonchev–Trinajstić information content (AvgIpc) is 2.85. The maximum absolute atomic E-state index is 12.6. The lowest BCUT2D eigenvalue weighted by Crippen LogP contribution is -2.39. The van der Waals surface area contributed by atoms with E-state index in [9.17, 15) is 4.79 Å². The number of ether oxygens (including phenoxy) is 1. The second-order valence-corrected chi connectivity index (χ2v) is 6.94. The quantitative estimate of drug-likeness (QED) is 0.839. The van der Waals surface area contributed by atoms with Gasteiger partial charge >= 0.3 is 0 Å². The third kappa shape index (κ3) is 2.66. The molecule has 0 aliphatic carbocycles. The number of thioether (sulfide) groups is 1. The van der Waals surface area contributed by atoms with E-state index in [0.29, 0.717) is 6.04 Å². The van der Waals surface area contributed by atoms with Crippen molar-refractivity contribution in [3.63, 3.8) is 0 Å². The van der Waals surface area contributed by atoms with Crippen molar-refractivity contribution >= 4 is 17.7 Å². The number of nitrogens with zero attached hydrogens (tertiary/aromatic N) is 1. The molecule has 1 saturated heterocycles. The minimum atomic E-state index is 0.143. The van der Waals surface area contributed by atoms with Crippen LogP contribution in [0.1, 0.15) is 35.7 Å². The van der Waals surface area contributed by atoms with Gasteiger partial charge in [0.05, 0.1) is 0 Å². The zero-order chi connectivity index (χ0) is 14.1. The summed E-state index contributed by atoms with van der Waals surface area (Å²) in [5.41, 5.74) is 1.96. The summed E-state index contributed by atoms with van der Waals surface area (Å²) in [4.78, 5) is 14.5. The molecule has 108 valence electrons. The van der Waals surface area contributed by atoms with Crippen molar-refractivity contribution in [2.45, 2.75) is 38.3 Å². The van der Waals surface area contributed by atoms with Crippen LogP contribution in [0.15, 0.2) is 18.2 Å². The summed E-state index contributed by atoms with van der Waals surface area (Å²) in [5, 5.41) is 0. The molecule has 0 saturated carbocycles. The molecule has 1 amide bonds. The third-order valence-electron chi connectivity index (χ3n) is 4.20. The largest absolute Gasteiger partial charge is 0.490 e. The lowest BCUT2D eigenvalue weighted by Gasteiger charge is -2.31. The van der Waals surface area contributed by atoms with Gasteiger partial charge in [0, 0.05) is 25.1 Å². The van der Waals surface area contributed by atoms with Gasteiger partial charge in [-0.1, -0.05) is 0 Å². The highest BCUT2D eigenvalue weighted by atomic mass is 32.2. The predicted octanol–water partition coefficient (Wildman–Crippen LogP) is 2.98. The summed E-state index contributed by atoms with van der Waals surface area (Å²) in [6.45, 7) is 2.06. The number of rotatable bonds is 2. The monoisotopic (exact) mass is 291 g/mol. The maximum atomic E-state index is 12.6. The lowest BCUT2D eigenvalue weighted by molar-refractivity contribution is 0.0723. The molecule has 0 aromatic heterocycles. The zero-order valence-corrected chi connectivity index (χ0v) is 12.9. The van der Waals surface area contributed by atoms with Gasteiger partial charge in [-0.2, -0.15) is 11.8 Å². The molecule has 0 radical (unpaired) electrons. The van der Waals surface area contributed by atoms with Crippen LogP contribution in [0.5, 0.6) is 5.75 Å². The fraction of sp³-hybridized carbons (Fsp3) is 0.562. The Bertz CT molecular complexity index is 511. The van der Waals surface area contributed by atoms with Crippen LogP contribution in [0.25, 0.3) is 0 Å². The summed E-state index contributed by atoms with van der Waals surface area (Å²) >= 11 is 1.99. The number of hydrogen-bond acceptors (Lipinski definition) is 3. The molecule has 2 aliphatic heterocycles. The minimum Gasteiger partial charge on any atom is -0.490 e. The Kier molecular flexibility index (Phi) is 3.92. The second-order valence-electron chi connectivity index (χ2n) is 5.71. The highest BCUT2D eigenvalue weighted by Crippen LogP contribution is 2.30. The zero-order valence-electron chi connectivity index (χ0n) is 12.1. The van der Waals surface area contributed by atoms with Crippen molar-refractivity contribution in [2.75, 3.05) is 18.6 Å². The first-order chi connectivity index (χ1) is 9.65. The van der Waals surface area contributed by atoms with E-state index in [1.54, 1.807) is 0 Å². The third-order valence-corrected chi connectivity index (χ3v) is 5.25. The molecular formula is C16H21NO2S. The maximum Gasteiger partial charge on any atom is 0.253 e. The van der Waals surface area contributed by atoms with E-state index in [4.69, 9.17) is 4.74 Å². The van der Waals surface area contributed by atoms with Gasteiger partial charge in [-0.15, -0.1) is 0 Å². The number of fused-ring (bicyclic) bond motifs is 1. The van der Waals surface area contributed by atoms with Gasteiger partial charge in [0.2, 0.25) is 0 Å². The van der Waals surface area contributed by atoms with Crippen LogP contribution in [-0.2, 0) is 6.42 Å². The number of carbonyl (C=O) groups excluding carboxylic acids is 1. The molecule has 1 atom stereocenters. The standard InChI is InChI=1S/C16H21NO2S/c1-11-9-13-10-12(3-4-15(13)19-11)16(18)17(2)14-5-7-20-8-6-14/h3-4,10-11,14H,5-9H2,1-2H3/t11-/m1/s1. The van der Waals surface area contributed by atoms with E-state index in [1.165, 1.54) is 0 Å². The molecule has 3 rings (SSSR count). The lowest BCUT2D eigenvalue weighted by atomic mass is 10.0. The molecule has 4 heteroatoms. The summed E-state index contributed by atoms with van der Waals surface area (Å²) in [7, 11) is 1.94. The van der Waals surface area contributed by atoms with Gasteiger partial charge in [-0.3, -0.25) is 4.79 Å². The van der Waals surface area contributed by atoms with Gasteiger partial charge in [0.15, 0.2) is 0 Å². The van der Waals surface area contributed by atoms with Gasteiger partial charge in [-0.05, 0) is 55.0 Å². The van der Waals surface area contributed by atoms with Gasteiger partial charge < -0.3 is 9.64 Å². The Balaban J connectivity index is 1.75. The normalized spacial score (nSPS) is 22.2. The summed E-state index contributed by atoms with van der Waals surface area (Å²) in [6, 6.07) is 6.24. The Labute approximate surface area is 124 Å². The fourth-order valence-corrected chi connectivity index (χ4v) is 4.08. The smallest absolute Gasteiger partial charge is 0.253 e. The molecule has 2 heterocycles. The fourth-order valence-electron chi connectivity index (χ4n) is 3.00. The Morgan fingerprint density at radius 3 is 2.85 bits per heavy atom. The molecule has 0 spiro atoms. The van der Waals surface area contributed by atoms with Crippen molar-refractivity contribution in [3.8, 4) is 5.75 Å². The van der Waals surface area contributed by atoms with Crippen molar-refractivity contribution in [2.24, 2.45) is 0 Å². The Morgan fingerprint density at radius 1 is 1.35 bits per heavy atom. The molecule has 1 fully saturated rings. The summed E-state index contributed by atoms with van der Waals surface area (Å²) in [5.74, 6) is 3.41.